The third kappa shape index (κ3) is 7.04. The molecule has 6 heteroatoms. The van der Waals surface area contributed by atoms with Crippen molar-refractivity contribution in [1.29, 1.82) is 0 Å². The fourth-order valence-electron chi connectivity index (χ4n) is 6.00. The zero-order chi connectivity index (χ0) is 28.7. The molecule has 0 radical (unpaired) electrons. The van der Waals surface area contributed by atoms with Gasteiger partial charge in [-0.3, -0.25) is 0 Å². The molecule has 218 valence electrons. The minimum absolute atomic E-state index is 0.0452. The second-order valence-corrected chi connectivity index (χ2v) is 11.5. The summed E-state index contributed by atoms with van der Waals surface area (Å²) in [7, 11) is 0. The highest BCUT2D eigenvalue weighted by Crippen LogP contribution is 2.27. The first kappa shape index (κ1) is 28.1. The maximum Gasteiger partial charge on any atom is 0.338 e. The van der Waals surface area contributed by atoms with Gasteiger partial charge in [-0.1, -0.05) is 37.1 Å². The molecule has 6 rings (SSSR count). The Kier molecular flexibility index (Phi) is 8.88. The number of esters is 2. The van der Waals surface area contributed by atoms with Crippen LogP contribution in [0.2, 0.25) is 0 Å². The maximum atomic E-state index is 12.6. The molecular formula is C36H38O6. The molecule has 6 nitrogen and oxygen atoms in total. The summed E-state index contributed by atoms with van der Waals surface area (Å²) >= 11 is 0. The number of fused-ring (bicyclic) bond motifs is 2. The summed E-state index contributed by atoms with van der Waals surface area (Å²) in [6.07, 6.45) is 10.9. The van der Waals surface area contributed by atoms with Crippen LogP contribution in [0.25, 0.3) is 21.5 Å². The lowest BCUT2D eigenvalue weighted by Gasteiger charge is -2.21. The van der Waals surface area contributed by atoms with Gasteiger partial charge in [0.2, 0.25) is 0 Å². The third-order valence-corrected chi connectivity index (χ3v) is 8.37. The minimum Gasteiger partial charge on any atom is -0.490 e. The molecule has 0 amide bonds. The molecule has 0 unspecified atom stereocenters. The van der Waals surface area contributed by atoms with Gasteiger partial charge in [-0.2, -0.15) is 0 Å². The van der Waals surface area contributed by atoms with Crippen molar-refractivity contribution in [2.45, 2.75) is 76.4 Å². The monoisotopic (exact) mass is 566 g/mol. The summed E-state index contributed by atoms with van der Waals surface area (Å²) < 4.78 is 23.3. The van der Waals surface area contributed by atoms with Gasteiger partial charge >= 0.3 is 11.9 Å². The topological polar surface area (TPSA) is 71.1 Å². The van der Waals surface area contributed by atoms with Gasteiger partial charge < -0.3 is 18.9 Å². The van der Waals surface area contributed by atoms with Gasteiger partial charge in [-0.15, -0.1) is 0 Å². The van der Waals surface area contributed by atoms with Crippen molar-refractivity contribution in [3.63, 3.8) is 0 Å². The second kappa shape index (κ2) is 13.3. The van der Waals surface area contributed by atoms with Crippen LogP contribution in [-0.2, 0) is 9.47 Å². The molecule has 4 aromatic carbocycles. The van der Waals surface area contributed by atoms with Crippen molar-refractivity contribution in [2.24, 2.45) is 0 Å². The lowest BCUT2D eigenvalue weighted by molar-refractivity contribution is 0.0202. The van der Waals surface area contributed by atoms with Crippen molar-refractivity contribution in [3.05, 3.63) is 83.9 Å². The summed E-state index contributed by atoms with van der Waals surface area (Å²) in [6, 6.07) is 23.0. The predicted molar refractivity (Wildman–Crippen MR) is 163 cm³/mol. The van der Waals surface area contributed by atoms with E-state index in [9.17, 15) is 9.59 Å². The highest BCUT2D eigenvalue weighted by Gasteiger charge is 2.20. The molecule has 4 aromatic rings. The Labute approximate surface area is 246 Å². The van der Waals surface area contributed by atoms with E-state index >= 15 is 0 Å². The highest BCUT2D eigenvalue weighted by atomic mass is 16.5. The van der Waals surface area contributed by atoms with Crippen LogP contribution in [0.5, 0.6) is 11.5 Å². The van der Waals surface area contributed by atoms with E-state index < -0.39 is 0 Å². The van der Waals surface area contributed by atoms with E-state index in [1.807, 2.05) is 72.8 Å². The summed E-state index contributed by atoms with van der Waals surface area (Å²) in [4.78, 5) is 25.2. The summed E-state index contributed by atoms with van der Waals surface area (Å²) in [6.45, 7) is 0.780. The minimum atomic E-state index is -0.243. The van der Waals surface area contributed by atoms with Gasteiger partial charge in [-0.05, 0) is 121 Å². The number of carbonyl (C=O) groups is 2. The van der Waals surface area contributed by atoms with Gasteiger partial charge in [-0.25, -0.2) is 9.59 Å². The molecule has 0 aromatic heterocycles. The number of carbonyl (C=O) groups excluding carboxylic acids is 2. The van der Waals surface area contributed by atoms with Crippen LogP contribution >= 0.6 is 0 Å². The summed E-state index contributed by atoms with van der Waals surface area (Å²) in [5.74, 6) is 1.00. The first-order valence-electron chi connectivity index (χ1n) is 15.4. The molecule has 0 saturated heterocycles. The predicted octanol–water partition coefficient (Wildman–Crippen LogP) is 8.43. The Hall–Kier alpha value is -4.06. The first-order valence-corrected chi connectivity index (χ1v) is 15.4. The molecule has 2 aliphatic carbocycles. The standard InChI is InChI=1S/C36H38O6/c37-35(41-31-7-3-1-4-8-31)29-13-11-27-23-33(17-15-25(27)21-29)39-19-20-40-34-18-16-26-22-30(14-12-28(26)24-34)36(38)42-32-9-5-2-6-10-32/h11-18,21-24,31-32H,1-10,19-20H2. The van der Waals surface area contributed by atoms with Crippen LogP contribution in [-0.4, -0.2) is 37.4 Å². The smallest absolute Gasteiger partial charge is 0.338 e. The van der Waals surface area contributed by atoms with E-state index in [1.165, 1.54) is 12.8 Å². The van der Waals surface area contributed by atoms with E-state index in [-0.39, 0.29) is 24.1 Å². The number of ether oxygens (including phenoxy) is 4. The lowest BCUT2D eigenvalue weighted by atomic mass is 9.98. The quantitative estimate of drug-likeness (QED) is 0.150. The van der Waals surface area contributed by atoms with Gasteiger partial charge in [0.15, 0.2) is 0 Å². The van der Waals surface area contributed by atoms with Crippen molar-refractivity contribution in [3.8, 4) is 11.5 Å². The Bertz CT molecular complexity index is 1430. The zero-order valence-corrected chi connectivity index (χ0v) is 24.0. The van der Waals surface area contributed by atoms with Crippen molar-refractivity contribution in [2.75, 3.05) is 13.2 Å². The van der Waals surface area contributed by atoms with Crippen LogP contribution < -0.4 is 9.47 Å². The molecule has 2 fully saturated rings. The van der Waals surface area contributed by atoms with Crippen LogP contribution in [0.3, 0.4) is 0 Å². The highest BCUT2D eigenvalue weighted by molar-refractivity contribution is 5.96. The van der Waals surface area contributed by atoms with Crippen molar-refractivity contribution < 1.29 is 28.5 Å². The first-order chi connectivity index (χ1) is 20.6. The molecule has 0 spiro atoms. The van der Waals surface area contributed by atoms with E-state index in [0.717, 1.165) is 84.4 Å². The average Bonchev–Trinajstić information content (AvgIpc) is 3.03. The van der Waals surface area contributed by atoms with Gasteiger partial charge in [0.1, 0.15) is 36.9 Å². The fraction of sp³-hybridized carbons (Fsp3) is 0.389. The fourth-order valence-corrected chi connectivity index (χ4v) is 6.00. The van der Waals surface area contributed by atoms with Gasteiger partial charge in [0, 0.05) is 0 Å². The van der Waals surface area contributed by atoms with Gasteiger partial charge in [0.05, 0.1) is 11.1 Å². The van der Waals surface area contributed by atoms with Crippen LogP contribution in [0.4, 0.5) is 0 Å². The largest absolute Gasteiger partial charge is 0.490 e. The molecule has 0 atom stereocenters. The lowest BCUT2D eigenvalue weighted by Crippen LogP contribution is -2.20. The normalized spacial score (nSPS) is 16.3. The molecule has 0 N–H and O–H groups in total. The van der Waals surface area contributed by atoms with E-state index in [0.29, 0.717) is 24.3 Å². The number of hydrogen-bond acceptors (Lipinski definition) is 6. The molecule has 0 heterocycles. The molecular weight excluding hydrogens is 528 g/mol. The Morgan fingerprint density at radius 1 is 0.500 bits per heavy atom. The molecule has 2 aliphatic rings. The van der Waals surface area contributed by atoms with E-state index in [2.05, 4.69) is 0 Å². The van der Waals surface area contributed by atoms with Crippen LogP contribution in [0.15, 0.2) is 72.8 Å². The second-order valence-electron chi connectivity index (χ2n) is 11.5. The third-order valence-electron chi connectivity index (χ3n) is 8.37. The molecule has 0 bridgehead atoms. The Morgan fingerprint density at radius 2 is 0.881 bits per heavy atom. The van der Waals surface area contributed by atoms with Gasteiger partial charge in [0.25, 0.3) is 0 Å². The van der Waals surface area contributed by atoms with E-state index in [4.69, 9.17) is 18.9 Å². The van der Waals surface area contributed by atoms with Crippen LogP contribution in [0, 0.1) is 0 Å². The van der Waals surface area contributed by atoms with Crippen molar-refractivity contribution in [1.82, 2.24) is 0 Å². The van der Waals surface area contributed by atoms with Crippen molar-refractivity contribution >= 4 is 33.5 Å². The SMILES string of the molecule is O=C(OC1CCCCC1)c1ccc2cc(OCCOc3ccc4cc(C(=O)OC5CCCCC5)ccc4c3)ccc2c1. The summed E-state index contributed by atoms with van der Waals surface area (Å²) in [5.41, 5.74) is 1.17. The molecule has 42 heavy (non-hydrogen) atoms. The number of hydrogen-bond donors (Lipinski definition) is 0. The number of rotatable bonds is 9. The van der Waals surface area contributed by atoms with Crippen LogP contribution in [0.1, 0.15) is 84.9 Å². The summed E-state index contributed by atoms with van der Waals surface area (Å²) in [5, 5.41) is 3.94. The average molecular weight is 567 g/mol. The Balaban J connectivity index is 0.993. The number of benzene rings is 4. The Morgan fingerprint density at radius 3 is 1.31 bits per heavy atom. The molecule has 2 saturated carbocycles. The van der Waals surface area contributed by atoms with E-state index in [1.54, 1.807) is 0 Å². The maximum absolute atomic E-state index is 12.6. The molecule has 0 aliphatic heterocycles. The zero-order valence-electron chi connectivity index (χ0n) is 24.0.